The molecule has 632 valence electrons. The maximum absolute atomic E-state index is 13.8. The SMILES string of the molecule is CC(C)(C)c1ccc2c(c1)C1OCCCC1C(c1cccc(F)c1)N2.CC(C)(C)c1ccc2c(c1)C1OCCCC1C(c1ccccc1)N2.CC(C)(C)c1ccc2c(c1)[C@@H]1OCCC[C@@H]1[C@@H](c1cccc(F)c1)N2.CC(C)(C)c1ccc2c(c1)[C@H]1OCCC[C@H]1[C@H](c1ccccc1)N2.N#CCc1ccc2c(c1)[C@H]1OCCC[C@H]1[C@H](c1ccccc1)N2. The predicted molar refractivity (Wildman–Crippen MR) is 487 cm³/mol. The van der Waals surface area contributed by atoms with E-state index in [9.17, 15) is 8.78 Å². The van der Waals surface area contributed by atoms with Crippen LogP contribution in [0.25, 0.3) is 0 Å². The largest absolute Gasteiger partial charge is 0.378 e. The van der Waals surface area contributed by atoms with E-state index in [1.807, 2.05) is 18.2 Å². The van der Waals surface area contributed by atoms with Crippen molar-refractivity contribution in [3.05, 3.63) is 326 Å². The van der Waals surface area contributed by atoms with Crippen molar-refractivity contribution in [2.24, 2.45) is 29.6 Å². The van der Waals surface area contributed by atoms with E-state index in [-0.39, 0.29) is 81.9 Å². The fourth-order valence-electron chi connectivity index (χ4n) is 20.5. The van der Waals surface area contributed by atoms with Gasteiger partial charge in [-0.2, -0.15) is 5.26 Å². The van der Waals surface area contributed by atoms with E-state index in [0.29, 0.717) is 48.1 Å². The third kappa shape index (κ3) is 19.0. The van der Waals surface area contributed by atoms with Gasteiger partial charge in [0.05, 0.1) is 73.2 Å². The van der Waals surface area contributed by atoms with Gasteiger partial charge in [-0.1, -0.05) is 259 Å². The van der Waals surface area contributed by atoms with Crippen LogP contribution in [0.15, 0.2) is 231 Å². The van der Waals surface area contributed by atoms with E-state index >= 15 is 0 Å². The zero-order valence-electron chi connectivity index (χ0n) is 73.2. The molecule has 5 N–H and O–H groups in total. The Kier molecular flexibility index (Phi) is 25.6. The van der Waals surface area contributed by atoms with Gasteiger partial charge < -0.3 is 50.3 Å². The summed E-state index contributed by atoms with van der Waals surface area (Å²) in [6, 6.07) is 83.0. The lowest BCUT2D eigenvalue weighted by molar-refractivity contribution is -0.0382. The Morgan fingerprint density at radius 2 is 0.529 bits per heavy atom. The highest BCUT2D eigenvalue weighted by molar-refractivity contribution is 5.64. The molecule has 0 bridgehead atoms. The molecular formula is C108H126F2N6O5. The summed E-state index contributed by atoms with van der Waals surface area (Å²) in [7, 11) is 0. The van der Waals surface area contributed by atoms with Gasteiger partial charge >= 0.3 is 0 Å². The molecule has 5 fully saturated rings. The monoisotopic (exact) mass is 1620 g/mol. The van der Waals surface area contributed by atoms with Gasteiger partial charge in [0, 0.05) is 119 Å². The minimum atomic E-state index is -0.179. The third-order valence-corrected chi connectivity index (χ3v) is 27.0. The minimum Gasteiger partial charge on any atom is -0.378 e. The molecule has 11 nitrogen and oxygen atoms in total. The Labute approximate surface area is 718 Å². The zero-order chi connectivity index (χ0) is 84.3. The molecule has 0 aromatic heterocycles. The van der Waals surface area contributed by atoms with Crippen LogP contribution in [0.2, 0.25) is 0 Å². The first-order chi connectivity index (χ1) is 58.3. The number of fused-ring (bicyclic) bond motifs is 15. The molecule has 10 aliphatic rings. The Morgan fingerprint density at radius 3 is 0.777 bits per heavy atom. The van der Waals surface area contributed by atoms with Crippen LogP contribution >= 0.6 is 0 Å². The Hall–Kier alpha value is -9.65. The maximum Gasteiger partial charge on any atom is 0.123 e. The van der Waals surface area contributed by atoms with Crippen LogP contribution in [-0.4, -0.2) is 33.0 Å². The van der Waals surface area contributed by atoms with Gasteiger partial charge in [0.25, 0.3) is 0 Å². The first kappa shape index (κ1) is 84.9. The number of nitriles is 1. The van der Waals surface area contributed by atoms with E-state index in [0.717, 1.165) is 112 Å². The molecule has 0 amide bonds. The second-order valence-corrected chi connectivity index (χ2v) is 39.4. The van der Waals surface area contributed by atoms with Crippen molar-refractivity contribution in [3.8, 4) is 6.07 Å². The summed E-state index contributed by atoms with van der Waals surface area (Å²) in [5, 5.41) is 27.6. The molecule has 20 rings (SSSR count). The Morgan fingerprint density at radius 1 is 0.289 bits per heavy atom. The summed E-state index contributed by atoms with van der Waals surface area (Å²) in [5.74, 6) is 1.75. The topological polar surface area (TPSA) is 130 Å². The Balaban J connectivity index is 0.000000112. The van der Waals surface area contributed by atoms with E-state index in [1.165, 1.54) is 110 Å². The zero-order valence-corrected chi connectivity index (χ0v) is 73.2. The number of nitrogens with one attached hydrogen (secondary N) is 5. The minimum absolute atomic E-state index is 0.0839. The highest BCUT2D eigenvalue weighted by Crippen LogP contribution is 2.56. The second-order valence-electron chi connectivity index (χ2n) is 39.4. The number of hydrogen-bond donors (Lipinski definition) is 5. The van der Waals surface area contributed by atoms with Gasteiger partial charge in [-0.05, 0) is 196 Å². The fourth-order valence-corrected chi connectivity index (χ4v) is 20.5. The van der Waals surface area contributed by atoms with E-state index in [1.54, 1.807) is 24.3 Å². The average molecular weight is 1630 g/mol. The first-order valence-corrected chi connectivity index (χ1v) is 45.0. The van der Waals surface area contributed by atoms with Crippen LogP contribution in [0, 0.1) is 52.6 Å². The molecule has 0 aliphatic carbocycles. The molecule has 0 saturated carbocycles. The summed E-state index contributed by atoms with van der Waals surface area (Å²) in [4.78, 5) is 0. The van der Waals surface area contributed by atoms with E-state index in [2.05, 4.69) is 292 Å². The number of rotatable bonds is 6. The van der Waals surface area contributed by atoms with Gasteiger partial charge in [0.1, 0.15) is 11.6 Å². The van der Waals surface area contributed by atoms with Gasteiger partial charge in [-0.3, -0.25) is 0 Å². The number of halogens is 2. The molecule has 13 heteroatoms. The van der Waals surface area contributed by atoms with Gasteiger partial charge in [-0.25, -0.2) is 8.78 Å². The summed E-state index contributed by atoms with van der Waals surface area (Å²) in [6.45, 7) is 31.2. The number of hydrogen-bond acceptors (Lipinski definition) is 11. The molecule has 10 aromatic carbocycles. The van der Waals surface area contributed by atoms with Crippen molar-refractivity contribution in [1.29, 1.82) is 5.26 Å². The molecule has 0 spiro atoms. The standard InChI is InChI=1S/2C22H26FNO.2C22H27NO.C20H20N2O/c2*1-22(2,3)15-9-10-19-18(13-15)21-17(8-5-11-25-21)20(24-19)14-6-4-7-16(23)12-14;2*1-22(2,3)16-11-12-19-18(14-16)21-17(10-7-13-24-21)20(23-19)15-8-5-4-6-9-15;21-11-10-14-8-9-18-17(13-14)20-16(7-4-12-23-20)19(22-18)15-5-2-1-3-6-15/h2*4,6-7,9-10,12-13,17,20-21,24H,5,8,11H2,1-3H3;2*4-6,8-9,11-12,14,17,20-21,23H,7,10,13H2,1-3H3;1-3,5-6,8-9,13,16,19-20,22H,4,7,10,12H2/t17-,20-,21-;;17-,20-,21-;;16-,19-,20-/m1.0.0/s1. The third-order valence-electron chi connectivity index (χ3n) is 27.0. The van der Waals surface area contributed by atoms with E-state index in [4.69, 9.17) is 28.9 Å². The van der Waals surface area contributed by atoms with Crippen molar-refractivity contribution in [3.63, 3.8) is 0 Å². The first-order valence-electron chi connectivity index (χ1n) is 45.0. The van der Waals surface area contributed by atoms with Crippen LogP contribution in [0.1, 0.15) is 291 Å². The van der Waals surface area contributed by atoms with Crippen molar-refractivity contribution < 1.29 is 32.5 Å². The molecule has 121 heavy (non-hydrogen) atoms. The van der Waals surface area contributed by atoms with Crippen LogP contribution in [0.3, 0.4) is 0 Å². The summed E-state index contributed by atoms with van der Waals surface area (Å²) in [5.41, 5.74) is 25.4. The molecule has 10 aromatic rings. The van der Waals surface area contributed by atoms with Crippen LogP contribution < -0.4 is 26.6 Å². The van der Waals surface area contributed by atoms with Gasteiger partial charge in [-0.15, -0.1) is 0 Å². The quantitative estimate of drug-likeness (QED) is 0.109. The Bertz CT molecular complexity index is 4980. The molecule has 10 aliphatic heterocycles. The molecule has 0 radical (unpaired) electrons. The highest BCUT2D eigenvalue weighted by Gasteiger charge is 2.46. The summed E-state index contributed by atoms with van der Waals surface area (Å²) < 4.78 is 58.7. The van der Waals surface area contributed by atoms with Crippen LogP contribution in [-0.2, 0) is 51.8 Å². The molecule has 5 saturated heterocycles. The molecular weight excluding hydrogens is 1500 g/mol. The van der Waals surface area contributed by atoms with Crippen molar-refractivity contribution in [2.75, 3.05) is 59.6 Å². The summed E-state index contributed by atoms with van der Waals surface area (Å²) in [6.07, 6.45) is 12.5. The lowest BCUT2D eigenvalue weighted by Crippen LogP contribution is -2.36. The van der Waals surface area contributed by atoms with Gasteiger partial charge in [0.2, 0.25) is 0 Å². The molecule has 15 atom stereocenters. The average Bonchev–Trinajstić information content (AvgIpc) is 0.775. The number of anilines is 5. The maximum atomic E-state index is 13.8. The normalized spacial score (nSPS) is 25.9. The summed E-state index contributed by atoms with van der Waals surface area (Å²) >= 11 is 0. The molecule has 10 heterocycles. The van der Waals surface area contributed by atoms with Crippen LogP contribution in [0.5, 0.6) is 0 Å². The number of nitrogens with zero attached hydrogens (tertiary/aromatic N) is 1. The molecule has 6 unspecified atom stereocenters. The van der Waals surface area contributed by atoms with Gasteiger partial charge in [0.15, 0.2) is 0 Å². The highest BCUT2D eigenvalue weighted by atomic mass is 19.1. The lowest BCUT2D eigenvalue weighted by Gasteiger charge is -2.44. The number of benzene rings is 10. The van der Waals surface area contributed by atoms with Crippen molar-refractivity contribution in [1.82, 2.24) is 0 Å². The lowest BCUT2D eigenvalue weighted by atomic mass is 9.76. The fraction of sp³-hybridized carbons (Fsp3) is 0.435. The van der Waals surface area contributed by atoms with Crippen molar-refractivity contribution >= 4 is 28.4 Å². The smallest absolute Gasteiger partial charge is 0.123 e. The van der Waals surface area contributed by atoms with Crippen LogP contribution in [0.4, 0.5) is 37.2 Å². The van der Waals surface area contributed by atoms with Crippen molar-refractivity contribution in [2.45, 2.75) is 236 Å². The van der Waals surface area contributed by atoms with E-state index < -0.39 is 0 Å². The second kappa shape index (κ2) is 36.4. The number of ether oxygens (including phenoxy) is 5. The predicted octanol–water partition coefficient (Wildman–Crippen LogP) is 27.1.